The van der Waals surface area contributed by atoms with Crippen molar-refractivity contribution in [3.05, 3.63) is 83.7 Å². The molecule has 0 unspecified atom stereocenters. The Hall–Kier alpha value is -3.10. The van der Waals surface area contributed by atoms with Crippen LogP contribution in [0.1, 0.15) is 37.1 Å². The van der Waals surface area contributed by atoms with Gasteiger partial charge in [0.2, 0.25) is 0 Å². The lowest BCUT2D eigenvalue weighted by atomic mass is 10.1. The van der Waals surface area contributed by atoms with E-state index in [0.717, 1.165) is 75.1 Å². The van der Waals surface area contributed by atoms with Crippen LogP contribution in [0.3, 0.4) is 0 Å². The first-order chi connectivity index (χ1) is 17.5. The normalized spacial score (nSPS) is 19.3. The number of rotatable bonds is 6. The summed E-state index contributed by atoms with van der Waals surface area (Å²) in [7, 11) is 0. The molecule has 0 aliphatic carbocycles. The largest absolute Gasteiger partial charge is 0.354 e. The molecule has 0 N–H and O–H groups in total. The highest BCUT2D eigenvalue weighted by Gasteiger charge is 2.25. The van der Waals surface area contributed by atoms with Gasteiger partial charge in [-0.3, -0.25) is 9.80 Å². The molecule has 1 aromatic heterocycles. The number of halogens is 2. The van der Waals surface area contributed by atoms with Crippen molar-refractivity contribution in [1.29, 1.82) is 0 Å². The predicted molar refractivity (Wildman–Crippen MR) is 139 cm³/mol. The number of benzene rings is 2. The van der Waals surface area contributed by atoms with Crippen molar-refractivity contribution in [2.75, 3.05) is 62.2 Å². The Labute approximate surface area is 212 Å². The molecule has 2 fully saturated rings. The first kappa shape index (κ1) is 24.6. The zero-order valence-electron chi connectivity index (χ0n) is 21.0. The van der Waals surface area contributed by atoms with Crippen molar-refractivity contribution in [3.8, 4) is 0 Å². The maximum atomic E-state index is 13.3. The van der Waals surface area contributed by atoms with E-state index in [2.05, 4.69) is 49.5 Å². The Balaban J connectivity index is 1.16. The molecule has 0 radical (unpaired) electrons. The van der Waals surface area contributed by atoms with Crippen molar-refractivity contribution < 1.29 is 8.78 Å². The second-order valence-electron chi connectivity index (χ2n) is 9.74. The van der Waals surface area contributed by atoms with Crippen LogP contribution in [-0.4, -0.2) is 72.1 Å². The first-order valence-corrected chi connectivity index (χ1v) is 12.8. The molecule has 0 saturated carbocycles. The Kier molecular flexibility index (Phi) is 7.43. The van der Waals surface area contributed by atoms with Gasteiger partial charge in [-0.1, -0.05) is 24.3 Å². The van der Waals surface area contributed by atoms with E-state index in [9.17, 15) is 8.78 Å². The van der Waals surface area contributed by atoms with Crippen LogP contribution in [0.25, 0.3) is 0 Å². The highest BCUT2D eigenvalue weighted by molar-refractivity contribution is 5.50. The standard InChI is InChI=1S/C28H34F2N6/c1-21(23-3-7-25(29)8-4-23)33-11-15-35(16-12-33)27-19-28(32-20-31-27)36-17-13-34(14-18-36)22(2)24-5-9-26(30)10-6-24/h3-10,19-22H,11-18H2,1-2H3/t21-,22-/m1/s1. The van der Waals surface area contributed by atoms with Gasteiger partial charge in [-0.15, -0.1) is 0 Å². The second-order valence-corrected chi connectivity index (χ2v) is 9.74. The molecule has 2 atom stereocenters. The number of aromatic nitrogens is 2. The molecule has 6 nitrogen and oxygen atoms in total. The third kappa shape index (κ3) is 5.50. The minimum absolute atomic E-state index is 0.195. The molecule has 190 valence electrons. The zero-order chi connectivity index (χ0) is 25.1. The van der Waals surface area contributed by atoms with Gasteiger partial charge in [0.15, 0.2) is 0 Å². The highest BCUT2D eigenvalue weighted by Crippen LogP contribution is 2.26. The van der Waals surface area contributed by atoms with E-state index in [1.54, 1.807) is 6.33 Å². The van der Waals surface area contributed by atoms with Crippen LogP contribution in [0.2, 0.25) is 0 Å². The molecule has 0 bridgehead atoms. The first-order valence-electron chi connectivity index (χ1n) is 12.8. The molecule has 36 heavy (non-hydrogen) atoms. The van der Waals surface area contributed by atoms with Gasteiger partial charge in [0.1, 0.15) is 29.6 Å². The summed E-state index contributed by atoms with van der Waals surface area (Å²) < 4.78 is 26.6. The summed E-state index contributed by atoms with van der Waals surface area (Å²) >= 11 is 0. The Morgan fingerprint density at radius 3 is 1.31 bits per heavy atom. The molecular weight excluding hydrogens is 458 g/mol. The van der Waals surface area contributed by atoms with Gasteiger partial charge in [0.25, 0.3) is 0 Å². The van der Waals surface area contributed by atoms with Gasteiger partial charge in [0, 0.05) is 70.5 Å². The Bertz CT molecular complexity index is 1040. The van der Waals surface area contributed by atoms with E-state index in [0.29, 0.717) is 0 Å². The third-order valence-corrected chi connectivity index (χ3v) is 7.71. The fourth-order valence-electron chi connectivity index (χ4n) is 5.26. The lowest BCUT2D eigenvalue weighted by Crippen LogP contribution is -2.48. The summed E-state index contributed by atoms with van der Waals surface area (Å²) in [6.45, 7) is 11.7. The highest BCUT2D eigenvalue weighted by atomic mass is 19.1. The number of piperazine rings is 2. The van der Waals surface area contributed by atoms with Crippen molar-refractivity contribution in [1.82, 2.24) is 19.8 Å². The smallest absolute Gasteiger partial charge is 0.134 e. The monoisotopic (exact) mass is 492 g/mol. The topological polar surface area (TPSA) is 38.7 Å². The number of nitrogens with zero attached hydrogens (tertiary/aromatic N) is 6. The SMILES string of the molecule is C[C@H](c1ccc(F)cc1)N1CCN(c2cc(N3CCN([C@H](C)c4ccc(F)cc4)CC3)ncn2)CC1. The van der Waals surface area contributed by atoms with E-state index < -0.39 is 0 Å². The van der Waals surface area contributed by atoms with Gasteiger partial charge in [-0.2, -0.15) is 0 Å². The predicted octanol–water partition coefficient (Wildman–Crippen LogP) is 4.52. The van der Waals surface area contributed by atoms with Gasteiger partial charge in [-0.05, 0) is 49.2 Å². The molecule has 0 spiro atoms. The molecule has 2 saturated heterocycles. The molecular formula is C28H34F2N6. The maximum Gasteiger partial charge on any atom is 0.134 e. The van der Waals surface area contributed by atoms with Crippen molar-refractivity contribution in [2.45, 2.75) is 25.9 Å². The minimum atomic E-state index is -0.195. The van der Waals surface area contributed by atoms with Crippen molar-refractivity contribution in [2.24, 2.45) is 0 Å². The summed E-state index contributed by atoms with van der Waals surface area (Å²) in [5, 5.41) is 0. The van der Waals surface area contributed by atoms with Gasteiger partial charge in [0.05, 0.1) is 0 Å². The summed E-state index contributed by atoms with van der Waals surface area (Å²) in [6, 6.07) is 16.3. The third-order valence-electron chi connectivity index (χ3n) is 7.71. The molecule has 2 aromatic carbocycles. The summed E-state index contributed by atoms with van der Waals surface area (Å²) in [5.41, 5.74) is 2.28. The molecule has 0 amide bonds. The van der Waals surface area contributed by atoms with E-state index in [-0.39, 0.29) is 23.7 Å². The van der Waals surface area contributed by atoms with Gasteiger partial charge >= 0.3 is 0 Å². The number of anilines is 2. The van der Waals surface area contributed by atoms with E-state index in [1.807, 2.05) is 24.3 Å². The lowest BCUT2D eigenvalue weighted by Gasteiger charge is -2.40. The van der Waals surface area contributed by atoms with E-state index in [4.69, 9.17) is 0 Å². The lowest BCUT2D eigenvalue weighted by molar-refractivity contribution is 0.197. The molecule has 8 heteroatoms. The Morgan fingerprint density at radius 2 is 0.944 bits per heavy atom. The van der Waals surface area contributed by atoms with E-state index in [1.165, 1.54) is 24.3 Å². The summed E-state index contributed by atoms with van der Waals surface area (Å²) in [6.07, 6.45) is 1.67. The van der Waals surface area contributed by atoms with Crippen LogP contribution >= 0.6 is 0 Å². The van der Waals surface area contributed by atoms with Crippen LogP contribution in [0, 0.1) is 11.6 Å². The van der Waals surface area contributed by atoms with Crippen LogP contribution in [0.4, 0.5) is 20.4 Å². The quantitative estimate of drug-likeness (QED) is 0.504. The molecule has 2 aliphatic rings. The fraction of sp³-hybridized carbons (Fsp3) is 0.429. The average molecular weight is 493 g/mol. The van der Waals surface area contributed by atoms with Crippen molar-refractivity contribution >= 4 is 11.6 Å². The summed E-state index contributed by atoms with van der Waals surface area (Å²) in [4.78, 5) is 18.7. The average Bonchev–Trinajstić information content (AvgIpc) is 2.93. The zero-order valence-corrected chi connectivity index (χ0v) is 21.0. The number of hydrogen-bond acceptors (Lipinski definition) is 6. The minimum Gasteiger partial charge on any atom is -0.354 e. The number of hydrogen-bond donors (Lipinski definition) is 0. The Morgan fingerprint density at radius 1 is 0.583 bits per heavy atom. The van der Waals surface area contributed by atoms with Gasteiger partial charge in [-0.25, -0.2) is 18.7 Å². The molecule has 2 aliphatic heterocycles. The van der Waals surface area contributed by atoms with Crippen LogP contribution in [0.5, 0.6) is 0 Å². The maximum absolute atomic E-state index is 13.3. The summed E-state index contributed by atoms with van der Waals surface area (Å²) in [5.74, 6) is 1.55. The fourth-order valence-corrected chi connectivity index (χ4v) is 5.26. The van der Waals surface area contributed by atoms with Crippen LogP contribution in [0.15, 0.2) is 60.9 Å². The molecule has 3 aromatic rings. The van der Waals surface area contributed by atoms with Crippen LogP contribution in [-0.2, 0) is 0 Å². The molecule has 3 heterocycles. The second kappa shape index (κ2) is 10.9. The molecule has 5 rings (SSSR count). The van der Waals surface area contributed by atoms with Crippen LogP contribution < -0.4 is 9.80 Å². The van der Waals surface area contributed by atoms with Gasteiger partial charge < -0.3 is 9.80 Å². The van der Waals surface area contributed by atoms with Crippen molar-refractivity contribution in [3.63, 3.8) is 0 Å². The van der Waals surface area contributed by atoms with E-state index >= 15 is 0 Å².